The number of hydrogen-bond acceptors (Lipinski definition) is 7. The average molecular weight is 327 g/mol. The van der Waals surface area contributed by atoms with Crippen LogP contribution in [0, 0.1) is 0 Å². The second kappa shape index (κ2) is 5.72. The van der Waals surface area contributed by atoms with Crippen molar-refractivity contribution in [2.45, 2.75) is 37.3 Å². The molecular weight excluding hydrogens is 310 g/mol. The van der Waals surface area contributed by atoms with E-state index in [1.165, 1.54) is 0 Å². The van der Waals surface area contributed by atoms with Crippen LogP contribution >= 0.6 is 0 Å². The van der Waals surface area contributed by atoms with Crippen molar-refractivity contribution in [2.75, 3.05) is 6.61 Å². The van der Waals surface area contributed by atoms with Gasteiger partial charge in [0, 0.05) is 25.1 Å². The molecule has 124 valence electrons. The Balaban J connectivity index is 2.03. The Morgan fingerprint density at radius 3 is 2.61 bits per heavy atom. The van der Waals surface area contributed by atoms with Gasteiger partial charge in [-0.25, -0.2) is 4.79 Å². The number of ether oxygens (including phenoxy) is 1. The predicted octanol–water partition coefficient (Wildman–Crippen LogP) is -2.70. The van der Waals surface area contributed by atoms with Gasteiger partial charge in [-0.05, 0) is 0 Å². The highest BCUT2D eigenvalue weighted by molar-refractivity contribution is 6.02. The van der Waals surface area contributed by atoms with Crippen LogP contribution in [-0.4, -0.2) is 62.8 Å². The fourth-order valence-corrected chi connectivity index (χ4v) is 2.93. The molecule has 3 heterocycles. The van der Waals surface area contributed by atoms with Crippen LogP contribution in [0.4, 0.5) is 0 Å². The Bertz CT molecular complexity index is 759. The van der Waals surface area contributed by atoms with Crippen LogP contribution in [0.3, 0.4) is 0 Å². The van der Waals surface area contributed by atoms with Crippen LogP contribution < -0.4 is 11.2 Å². The molecule has 2 saturated heterocycles. The number of nitrogens with zero attached hydrogens (tertiary/aromatic N) is 2. The van der Waals surface area contributed by atoms with Gasteiger partial charge in [0.05, 0.1) is 6.61 Å². The van der Waals surface area contributed by atoms with Gasteiger partial charge in [-0.2, -0.15) is 0 Å². The van der Waals surface area contributed by atoms with Crippen molar-refractivity contribution in [3.8, 4) is 0 Å². The summed E-state index contributed by atoms with van der Waals surface area (Å²) in [7, 11) is 0. The van der Waals surface area contributed by atoms with Crippen molar-refractivity contribution < 1.29 is 24.5 Å². The molecular formula is C13H15N3O7. The Morgan fingerprint density at radius 1 is 1.30 bits per heavy atom. The van der Waals surface area contributed by atoms with Gasteiger partial charge >= 0.3 is 5.69 Å². The summed E-state index contributed by atoms with van der Waals surface area (Å²) in [4.78, 5) is 50.2. The van der Waals surface area contributed by atoms with E-state index in [9.17, 15) is 24.3 Å². The minimum Gasteiger partial charge on any atom is -0.394 e. The quantitative estimate of drug-likeness (QED) is 0.511. The third-order valence-electron chi connectivity index (χ3n) is 4.02. The van der Waals surface area contributed by atoms with Crippen LogP contribution in [0.1, 0.15) is 19.1 Å². The van der Waals surface area contributed by atoms with Crippen molar-refractivity contribution in [1.82, 2.24) is 14.5 Å². The van der Waals surface area contributed by atoms with E-state index < -0.39 is 47.5 Å². The smallest absolute Gasteiger partial charge is 0.330 e. The van der Waals surface area contributed by atoms with Crippen LogP contribution in [0.25, 0.3) is 0 Å². The van der Waals surface area contributed by atoms with Crippen molar-refractivity contribution in [3.63, 3.8) is 0 Å². The normalized spacial score (nSPS) is 31.7. The summed E-state index contributed by atoms with van der Waals surface area (Å²) in [5.41, 5.74) is -1.43. The van der Waals surface area contributed by atoms with Gasteiger partial charge in [0.15, 0.2) is 6.23 Å². The Kier molecular flexibility index (Phi) is 3.56. The van der Waals surface area contributed by atoms with E-state index in [1.54, 1.807) is 0 Å². The number of rotatable bonds is 4. The summed E-state index contributed by atoms with van der Waals surface area (Å²) in [6, 6.07) is -0.0767. The van der Waals surface area contributed by atoms with E-state index in [4.69, 9.17) is 6.17 Å². The number of hydrogen-bond donors (Lipinski definition) is 3. The molecule has 2 fully saturated rings. The molecule has 0 spiro atoms. The van der Waals surface area contributed by atoms with E-state index >= 15 is 0 Å². The van der Waals surface area contributed by atoms with Crippen molar-refractivity contribution >= 4 is 11.8 Å². The van der Waals surface area contributed by atoms with Gasteiger partial charge < -0.3 is 15.0 Å². The molecule has 10 heteroatoms. The van der Waals surface area contributed by atoms with E-state index in [0.717, 1.165) is 21.7 Å². The third-order valence-corrected chi connectivity index (χ3v) is 4.02. The van der Waals surface area contributed by atoms with E-state index in [-0.39, 0.29) is 19.4 Å². The first-order valence-corrected chi connectivity index (χ1v) is 7.02. The van der Waals surface area contributed by atoms with Crippen LogP contribution in [0.5, 0.6) is 0 Å². The molecule has 2 amide bonds. The molecule has 0 saturated carbocycles. The van der Waals surface area contributed by atoms with Crippen molar-refractivity contribution in [2.24, 2.45) is 0 Å². The monoisotopic (exact) mass is 327 g/mol. The zero-order valence-corrected chi connectivity index (χ0v) is 11.9. The molecule has 0 radical (unpaired) electrons. The van der Waals surface area contributed by atoms with E-state index in [2.05, 4.69) is 5.11 Å². The number of likely N-dealkylation sites (tertiary alicyclic amines) is 1. The van der Waals surface area contributed by atoms with Crippen LogP contribution in [-0.2, 0) is 14.3 Å². The maximum atomic E-state index is 12.0. The maximum Gasteiger partial charge on any atom is 0.330 e. The second-order valence-corrected chi connectivity index (χ2v) is 5.39. The number of carbonyl (C=O) groups is 2. The highest BCUT2D eigenvalue weighted by Gasteiger charge is 2.52. The summed E-state index contributed by atoms with van der Waals surface area (Å²) in [6.07, 6.45) is -2.39. The number of amides is 2. The zero-order valence-electron chi connectivity index (χ0n) is 12.9. The van der Waals surface area contributed by atoms with Crippen molar-refractivity contribution in [1.29, 1.82) is 1.43 Å². The number of nitrogens with one attached hydrogen (secondary N) is 1. The largest absolute Gasteiger partial charge is 0.394 e. The van der Waals surface area contributed by atoms with Gasteiger partial charge in [-0.15, -0.1) is 0 Å². The zero-order chi connectivity index (χ0) is 17.4. The topological polar surface area (TPSA) is 142 Å². The minimum absolute atomic E-state index is 0.00884. The summed E-state index contributed by atoms with van der Waals surface area (Å²) >= 11 is 0. The summed E-state index contributed by atoms with van der Waals surface area (Å²) < 4.78 is 13.3. The Labute approximate surface area is 130 Å². The molecule has 0 aliphatic carbocycles. The average Bonchev–Trinajstić information content (AvgIpc) is 3.00. The molecule has 23 heavy (non-hydrogen) atoms. The number of H-pyrrole nitrogens is 1. The second-order valence-electron chi connectivity index (χ2n) is 5.39. The molecule has 4 atom stereocenters. The van der Waals surface area contributed by atoms with Gasteiger partial charge in [0.1, 0.15) is 18.2 Å². The number of carbonyl (C=O) groups excluding carboxylic acids is 2. The lowest BCUT2D eigenvalue weighted by Crippen LogP contribution is -2.50. The molecule has 3 N–H and O–H groups in total. The van der Waals surface area contributed by atoms with Gasteiger partial charge in [0.25, 0.3) is 5.56 Å². The standard InChI is InChI=1S/C13H15N3O7/c17-5-6-11(21)10(16-8(19)1-2-9(16)20)12(23-6)15-4-3-7(18)14-13(15)22/h3-4,6,10-12,17,21H,1-2,5H2,(H,14,18,22)/t6-,10+,11?,12-/m1/s1/i17T. The molecule has 1 aromatic rings. The minimum atomic E-state index is -1.34. The number of aromatic nitrogens is 2. The van der Waals surface area contributed by atoms with Crippen LogP contribution in [0.2, 0.25) is 0 Å². The Morgan fingerprint density at radius 2 is 2.00 bits per heavy atom. The van der Waals surface area contributed by atoms with Gasteiger partial charge in [-0.1, -0.05) is 0 Å². The summed E-state index contributed by atoms with van der Waals surface area (Å²) in [5.74, 6) is -0.967. The summed E-state index contributed by atoms with van der Waals surface area (Å²) in [6.45, 7) is -0.317. The van der Waals surface area contributed by atoms with Crippen molar-refractivity contribution in [3.05, 3.63) is 33.1 Å². The lowest BCUT2D eigenvalue weighted by atomic mass is 10.1. The Hall–Kier alpha value is -2.30. The molecule has 2 aliphatic heterocycles. The highest BCUT2D eigenvalue weighted by Crippen LogP contribution is 2.34. The fraction of sp³-hybridized carbons (Fsp3) is 0.538. The highest BCUT2D eigenvalue weighted by atomic mass is 16.5. The van der Waals surface area contributed by atoms with Gasteiger partial charge in [-0.3, -0.25) is 28.8 Å². The first kappa shape index (κ1) is 14.3. The fourth-order valence-electron chi connectivity index (χ4n) is 2.93. The lowest BCUT2D eigenvalue weighted by molar-refractivity contribution is -0.145. The maximum absolute atomic E-state index is 12.0. The van der Waals surface area contributed by atoms with Crippen LogP contribution in [0.15, 0.2) is 21.9 Å². The van der Waals surface area contributed by atoms with Gasteiger partial charge in [0.2, 0.25) is 13.2 Å². The summed E-state index contributed by atoms with van der Waals surface area (Å²) in [5, 5.41) is 14.7. The predicted molar refractivity (Wildman–Crippen MR) is 73.2 cm³/mol. The lowest BCUT2D eigenvalue weighted by Gasteiger charge is -2.29. The number of aromatic amines is 1. The molecule has 2 aliphatic rings. The molecule has 0 bridgehead atoms. The number of imide groups is 1. The first-order chi connectivity index (χ1) is 11.4. The number of aliphatic hydroxyl groups excluding tert-OH is 2. The van der Waals surface area contributed by atoms with E-state index in [1.807, 2.05) is 4.98 Å². The molecule has 3 rings (SSSR count). The van der Waals surface area contributed by atoms with E-state index in [0.29, 0.717) is 0 Å². The molecule has 0 aromatic carbocycles. The third kappa shape index (κ3) is 2.50. The number of aliphatic hydroxyl groups is 2. The molecule has 1 aromatic heterocycles. The first-order valence-electron chi connectivity index (χ1n) is 7.43. The molecule has 10 nitrogen and oxygen atoms in total. The molecule has 1 unspecified atom stereocenters. The SMILES string of the molecule is [3H]OC[C@H]1O[C@@H](n2ccc(=O)[nH]c2=O)[C@@H](N2C(=O)CCC2=O)C1O.